The van der Waals surface area contributed by atoms with Gasteiger partial charge in [-0.3, -0.25) is 15.0 Å². The summed E-state index contributed by atoms with van der Waals surface area (Å²) in [6.45, 7) is 0. The van der Waals surface area contributed by atoms with Gasteiger partial charge in [-0.25, -0.2) is 4.79 Å². The molecule has 0 unspecified atom stereocenters. The Kier molecular flexibility index (Phi) is 2.58. The molecule has 0 bridgehead atoms. The van der Waals surface area contributed by atoms with E-state index in [9.17, 15) is 13.2 Å². The highest BCUT2D eigenvalue weighted by Crippen LogP contribution is 2.21. The fourth-order valence-corrected chi connectivity index (χ4v) is 1.02. The lowest BCUT2D eigenvalue weighted by Crippen LogP contribution is -2.20. The van der Waals surface area contributed by atoms with Crippen molar-refractivity contribution in [3.63, 3.8) is 0 Å². The number of carbonyl (C=O) groups excluding carboxylic acids is 1. The molecule has 0 aliphatic heterocycles. The van der Waals surface area contributed by atoms with Gasteiger partial charge in [0.1, 0.15) is 0 Å². The Balaban J connectivity index is 2.88. The first kappa shape index (κ1) is 10.3. The van der Waals surface area contributed by atoms with E-state index in [-0.39, 0.29) is 11.6 Å². The Morgan fingerprint density at radius 1 is 1.71 bits per heavy atom. The number of carbonyl (C=O) groups is 1. The molecule has 10 heteroatoms. The molecule has 0 saturated heterocycles. The molecule has 1 aromatic rings. The van der Waals surface area contributed by atoms with Gasteiger partial charge in [-0.15, -0.1) is 0 Å². The third kappa shape index (κ3) is 2.91. The van der Waals surface area contributed by atoms with Gasteiger partial charge >= 0.3 is 16.4 Å². The number of urea groups is 1. The summed E-state index contributed by atoms with van der Waals surface area (Å²) >= 11 is 0. The molecule has 0 radical (unpaired) electrons. The zero-order valence-corrected chi connectivity index (χ0v) is 7.41. The average molecular weight is 222 g/mol. The van der Waals surface area contributed by atoms with Crippen molar-refractivity contribution < 1.29 is 21.9 Å². The second-order valence-electron chi connectivity index (χ2n) is 2.10. The van der Waals surface area contributed by atoms with Crippen molar-refractivity contribution in [2.45, 2.75) is 0 Å². The molecule has 1 aromatic heterocycles. The lowest BCUT2D eigenvalue weighted by Gasteiger charge is -2.00. The number of anilines is 1. The van der Waals surface area contributed by atoms with Crippen molar-refractivity contribution in [2.24, 2.45) is 5.73 Å². The van der Waals surface area contributed by atoms with E-state index in [0.29, 0.717) is 0 Å². The molecule has 1 heterocycles. The summed E-state index contributed by atoms with van der Waals surface area (Å²) in [7, 11) is -4.66. The summed E-state index contributed by atoms with van der Waals surface area (Å²) in [5.41, 5.74) is 4.74. The van der Waals surface area contributed by atoms with Gasteiger partial charge < -0.3 is 9.92 Å². The van der Waals surface area contributed by atoms with Crippen LogP contribution >= 0.6 is 0 Å². The van der Waals surface area contributed by atoms with E-state index in [4.69, 9.17) is 10.3 Å². The van der Waals surface area contributed by atoms with Crippen molar-refractivity contribution >= 4 is 22.2 Å². The molecule has 0 aliphatic rings. The first-order chi connectivity index (χ1) is 6.38. The number of nitrogens with zero attached hydrogens (tertiary/aromatic N) is 1. The number of hydrogen-bond acceptors (Lipinski definition) is 5. The zero-order valence-electron chi connectivity index (χ0n) is 6.59. The molecule has 0 spiro atoms. The molecule has 2 amide bonds. The van der Waals surface area contributed by atoms with Crippen LogP contribution in [0.5, 0.6) is 5.75 Å². The molecule has 0 atom stereocenters. The van der Waals surface area contributed by atoms with Gasteiger partial charge in [-0.1, -0.05) is 0 Å². The number of rotatable bonds is 3. The molecule has 0 fully saturated rings. The number of amides is 2. The maximum absolute atomic E-state index is 10.4. The Morgan fingerprint density at radius 2 is 2.36 bits per heavy atom. The first-order valence-corrected chi connectivity index (χ1v) is 4.52. The maximum Gasteiger partial charge on any atom is 0.446 e. The standard InChI is InChI=1S/C4H6N4O5S/c5-4(9)7-3-2(1-6-8-3)13-14(10,11)12/h1H,(H,10,11,12)(H4,5,6,7,8,9). The molecule has 1 rings (SSSR count). The molecule has 0 aliphatic carbocycles. The van der Waals surface area contributed by atoms with Gasteiger partial charge in [0.05, 0.1) is 6.20 Å². The van der Waals surface area contributed by atoms with Crippen LogP contribution in [-0.2, 0) is 10.4 Å². The number of aromatic nitrogens is 2. The van der Waals surface area contributed by atoms with Gasteiger partial charge in [0.2, 0.25) is 5.75 Å². The van der Waals surface area contributed by atoms with Crippen LogP contribution in [0.4, 0.5) is 10.6 Å². The second kappa shape index (κ2) is 3.51. The quantitative estimate of drug-likeness (QED) is 0.486. The van der Waals surface area contributed by atoms with Gasteiger partial charge in [-0.05, 0) is 0 Å². The van der Waals surface area contributed by atoms with Crippen LogP contribution in [0.1, 0.15) is 0 Å². The highest BCUT2D eigenvalue weighted by molar-refractivity contribution is 7.81. The van der Waals surface area contributed by atoms with Crippen molar-refractivity contribution in [1.29, 1.82) is 0 Å². The molecule has 5 N–H and O–H groups in total. The number of H-pyrrole nitrogens is 1. The third-order valence-corrected chi connectivity index (χ3v) is 1.43. The Morgan fingerprint density at radius 3 is 2.86 bits per heavy atom. The van der Waals surface area contributed by atoms with Crippen LogP contribution in [0.25, 0.3) is 0 Å². The second-order valence-corrected chi connectivity index (χ2v) is 3.12. The Hall–Kier alpha value is -1.81. The van der Waals surface area contributed by atoms with Gasteiger partial charge in [0.25, 0.3) is 0 Å². The van der Waals surface area contributed by atoms with Crippen LogP contribution < -0.4 is 15.2 Å². The van der Waals surface area contributed by atoms with Crippen molar-refractivity contribution in [2.75, 3.05) is 5.32 Å². The molecule has 0 aromatic carbocycles. The van der Waals surface area contributed by atoms with E-state index in [1.165, 1.54) is 0 Å². The monoisotopic (exact) mass is 222 g/mol. The lowest BCUT2D eigenvalue weighted by molar-refractivity contribution is 0.259. The smallest absolute Gasteiger partial charge is 0.356 e. The Labute approximate surface area is 78.2 Å². The van der Waals surface area contributed by atoms with Crippen molar-refractivity contribution in [3.05, 3.63) is 6.20 Å². The number of nitrogens with one attached hydrogen (secondary N) is 2. The summed E-state index contributed by atoms with van der Waals surface area (Å²) in [4.78, 5) is 10.4. The van der Waals surface area contributed by atoms with Gasteiger partial charge in [0, 0.05) is 0 Å². The maximum atomic E-state index is 10.4. The predicted octanol–water partition coefficient (Wildman–Crippen LogP) is -0.918. The Bertz CT molecular complexity index is 436. The minimum Gasteiger partial charge on any atom is -0.356 e. The largest absolute Gasteiger partial charge is 0.446 e. The van der Waals surface area contributed by atoms with E-state index < -0.39 is 16.4 Å². The summed E-state index contributed by atoms with van der Waals surface area (Å²) in [5.74, 6) is -0.610. The van der Waals surface area contributed by atoms with Crippen LogP contribution in [0.3, 0.4) is 0 Å². The van der Waals surface area contributed by atoms with Crippen LogP contribution in [-0.4, -0.2) is 29.2 Å². The fraction of sp³-hybridized carbons (Fsp3) is 0. The zero-order chi connectivity index (χ0) is 10.8. The number of nitrogens with two attached hydrogens (primary N) is 1. The van der Waals surface area contributed by atoms with Gasteiger partial charge in [-0.2, -0.15) is 13.5 Å². The van der Waals surface area contributed by atoms with Crippen molar-refractivity contribution in [1.82, 2.24) is 10.2 Å². The number of aromatic amines is 1. The van der Waals surface area contributed by atoms with E-state index in [0.717, 1.165) is 6.20 Å². The summed E-state index contributed by atoms with van der Waals surface area (Å²) in [6, 6.07) is -0.947. The van der Waals surface area contributed by atoms with Crippen LogP contribution in [0.2, 0.25) is 0 Å². The molecule has 78 valence electrons. The lowest BCUT2D eigenvalue weighted by atomic mass is 10.6. The SMILES string of the molecule is NC(=O)Nc1n[nH]cc1OS(=O)(=O)O. The van der Waals surface area contributed by atoms with E-state index >= 15 is 0 Å². The molecular weight excluding hydrogens is 216 g/mol. The van der Waals surface area contributed by atoms with Crippen LogP contribution in [0, 0.1) is 0 Å². The molecular formula is C4H6N4O5S. The minimum absolute atomic E-state index is 0.241. The highest BCUT2D eigenvalue weighted by atomic mass is 32.3. The van der Waals surface area contributed by atoms with Crippen molar-refractivity contribution in [3.8, 4) is 5.75 Å². The number of hydrogen-bond donors (Lipinski definition) is 4. The van der Waals surface area contributed by atoms with Gasteiger partial charge in [0.15, 0.2) is 5.82 Å². The van der Waals surface area contributed by atoms with E-state index in [1.807, 2.05) is 5.32 Å². The summed E-state index contributed by atoms with van der Waals surface area (Å²) in [6.07, 6.45) is 1.01. The highest BCUT2D eigenvalue weighted by Gasteiger charge is 2.14. The fourth-order valence-electron chi connectivity index (χ4n) is 0.662. The molecule has 0 saturated carbocycles. The third-order valence-electron chi connectivity index (χ3n) is 1.04. The summed E-state index contributed by atoms with van der Waals surface area (Å²) < 4.78 is 32.9. The van der Waals surface area contributed by atoms with E-state index in [2.05, 4.69) is 14.4 Å². The van der Waals surface area contributed by atoms with Crippen LogP contribution in [0.15, 0.2) is 6.20 Å². The minimum atomic E-state index is -4.66. The number of primary amides is 1. The molecule has 9 nitrogen and oxygen atoms in total. The molecule has 14 heavy (non-hydrogen) atoms. The van der Waals surface area contributed by atoms with E-state index in [1.54, 1.807) is 0 Å². The average Bonchev–Trinajstić information content (AvgIpc) is 2.32. The predicted molar refractivity (Wildman–Crippen MR) is 44.0 cm³/mol. The summed E-state index contributed by atoms with van der Waals surface area (Å²) in [5, 5.41) is 7.58. The normalized spacial score (nSPS) is 10.9. The topological polar surface area (TPSA) is 147 Å². The first-order valence-electron chi connectivity index (χ1n) is 3.15.